The number of carbonyl (C=O) groups is 3. The van der Waals surface area contributed by atoms with Gasteiger partial charge in [-0.25, -0.2) is 4.39 Å². The smallest absolute Gasteiger partial charge is 0.245 e. The summed E-state index contributed by atoms with van der Waals surface area (Å²) < 4.78 is 13.6. The lowest BCUT2D eigenvalue weighted by Crippen LogP contribution is -2.59. The Hall–Kier alpha value is -3.26. The van der Waals surface area contributed by atoms with Gasteiger partial charge in [0.25, 0.3) is 0 Å². The topological polar surface area (TPSA) is 105 Å². The van der Waals surface area contributed by atoms with E-state index >= 15 is 0 Å². The number of carbonyl (C=O) groups excluding carboxylic acids is 3. The maximum atomic E-state index is 13.8. The molecule has 2 unspecified atom stereocenters. The number of benzene rings is 2. The molecule has 0 radical (unpaired) electrons. The number of rotatable bonds is 8. The Morgan fingerprint density at radius 2 is 1.89 bits per heavy atom. The molecule has 2 aliphatic heterocycles. The van der Waals surface area contributed by atoms with Gasteiger partial charge in [-0.15, -0.1) is 0 Å². The normalized spacial score (nSPS) is 22.5. The SMILES string of the molecule is CC(C)(N)C(=O)N[C@H](CCCc1ccccc1)C(=O)N1CCCC2(C1)C(=O)NCC2c1ccc(F)cc1. The van der Waals surface area contributed by atoms with E-state index in [1.165, 1.54) is 17.7 Å². The number of halogens is 1. The van der Waals surface area contributed by atoms with Crippen molar-refractivity contribution in [3.63, 3.8) is 0 Å². The number of nitrogens with two attached hydrogens (primary N) is 1. The van der Waals surface area contributed by atoms with Gasteiger partial charge in [0.05, 0.1) is 11.0 Å². The zero-order valence-corrected chi connectivity index (χ0v) is 21.6. The van der Waals surface area contributed by atoms with E-state index in [0.29, 0.717) is 38.8 Å². The molecule has 8 heteroatoms. The van der Waals surface area contributed by atoms with Crippen LogP contribution in [-0.4, -0.2) is 53.8 Å². The van der Waals surface area contributed by atoms with Gasteiger partial charge in [-0.1, -0.05) is 42.5 Å². The third-order valence-corrected chi connectivity index (χ3v) is 7.68. The summed E-state index contributed by atoms with van der Waals surface area (Å²) >= 11 is 0. The first-order valence-electron chi connectivity index (χ1n) is 13.1. The highest BCUT2D eigenvalue weighted by Gasteiger charge is 2.53. The van der Waals surface area contributed by atoms with Gasteiger partial charge in [0, 0.05) is 25.6 Å². The van der Waals surface area contributed by atoms with Gasteiger partial charge in [-0.3, -0.25) is 14.4 Å². The highest BCUT2D eigenvalue weighted by Crippen LogP contribution is 2.46. The molecule has 0 aromatic heterocycles. The largest absolute Gasteiger partial charge is 0.355 e. The zero-order valence-electron chi connectivity index (χ0n) is 21.6. The van der Waals surface area contributed by atoms with Crippen LogP contribution in [0.25, 0.3) is 0 Å². The molecule has 0 aliphatic carbocycles. The van der Waals surface area contributed by atoms with Crippen molar-refractivity contribution < 1.29 is 18.8 Å². The van der Waals surface area contributed by atoms with E-state index in [0.717, 1.165) is 12.0 Å². The monoisotopic (exact) mass is 508 g/mol. The van der Waals surface area contributed by atoms with E-state index in [1.807, 2.05) is 30.3 Å². The van der Waals surface area contributed by atoms with Gasteiger partial charge in [-0.2, -0.15) is 0 Å². The fourth-order valence-electron chi connectivity index (χ4n) is 5.58. The summed E-state index contributed by atoms with van der Waals surface area (Å²) in [6, 6.07) is 15.5. The standard InChI is InChI=1S/C29H37FN4O3/c1-28(2,31)26(36)33-24(11-6-10-20-8-4-3-5-9-20)25(35)34-17-7-16-29(19-34)23(18-32-27(29)37)21-12-14-22(30)15-13-21/h3-5,8-9,12-15,23-24H,6-7,10-11,16-19,31H2,1-2H3,(H,32,37)(H,33,36)/t23?,24-,29?/m1/s1. The molecular formula is C29H37FN4O3. The van der Waals surface area contributed by atoms with Gasteiger partial charge >= 0.3 is 0 Å². The first kappa shape index (κ1) is 26.8. The Morgan fingerprint density at radius 3 is 2.57 bits per heavy atom. The van der Waals surface area contributed by atoms with Gasteiger partial charge < -0.3 is 21.3 Å². The predicted molar refractivity (Wildman–Crippen MR) is 140 cm³/mol. The van der Waals surface area contributed by atoms with Crippen LogP contribution in [0.4, 0.5) is 4.39 Å². The molecule has 3 atom stereocenters. The number of nitrogens with zero attached hydrogens (tertiary/aromatic N) is 1. The van der Waals surface area contributed by atoms with E-state index < -0.39 is 17.0 Å². The van der Waals surface area contributed by atoms with Crippen LogP contribution in [0.15, 0.2) is 54.6 Å². The summed E-state index contributed by atoms with van der Waals surface area (Å²) in [5.41, 5.74) is 6.16. The van der Waals surface area contributed by atoms with Crippen LogP contribution < -0.4 is 16.4 Å². The minimum absolute atomic E-state index is 0.0768. The van der Waals surface area contributed by atoms with Crippen LogP contribution in [0.1, 0.15) is 56.6 Å². The Bertz CT molecular complexity index is 1120. The molecule has 2 aromatic rings. The van der Waals surface area contributed by atoms with E-state index in [1.54, 1.807) is 30.9 Å². The molecule has 2 aromatic carbocycles. The number of piperidine rings is 1. The number of amides is 3. The molecule has 37 heavy (non-hydrogen) atoms. The molecule has 2 saturated heterocycles. The maximum Gasteiger partial charge on any atom is 0.245 e. The lowest BCUT2D eigenvalue weighted by atomic mass is 9.69. The first-order valence-corrected chi connectivity index (χ1v) is 13.1. The highest BCUT2D eigenvalue weighted by atomic mass is 19.1. The van der Waals surface area contributed by atoms with Crippen molar-refractivity contribution in [1.29, 1.82) is 0 Å². The molecule has 198 valence electrons. The molecule has 7 nitrogen and oxygen atoms in total. The summed E-state index contributed by atoms with van der Waals surface area (Å²) in [6.07, 6.45) is 3.27. The van der Waals surface area contributed by atoms with E-state index in [4.69, 9.17) is 5.73 Å². The fraction of sp³-hybridized carbons (Fsp3) is 0.483. The molecule has 2 fully saturated rings. The first-order chi connectivity index (χ1) is 17.6. The number of likely N-dealkylation sites (tertiary alicyclic amines) is 1. The Kier molecular flexibility index (Phi) is 7.97. The van der Waals surface area contributed by atoms with Crippen LogP contribution in [0.2, 0.25) is 0 Å². The van der Waals surface area contributed by atoms with Crippen molar-refractivity contribution in [2.24, 2.45) is 11.1 Å². The van der Waals surface area contributed by atoms with Gasteiger partial charge in [0.1, 0.15) is 11.9 Å². The Balaban J connectivity index is 1.52. The summed E-state index contributed by atoms with van der Waals surface area (Å²) in [6.45, 7) is 4.45. The summed E-state index contributed by atoms with van der Waals surface area (Å²) in [5, 5.41) is 5.86. The second-order valence-electron chi connectivity index (χ2n) is 11.0. The van der Waals surface area contributed by atoms with E-state index in [-0.39, 0.29) is 36.0 Å². The van der Waals surface area contributed by atoms with Crippen LogP contribution >= 0.6 is 0 Å². The van der Waals surface area contributed by atoms with Crippen LogP contribution in [-0.2, 0) is 20.8 Å². The second-order valence-corrected chi connectivity index (χ2v) is 11.0. The summed E-state index contributed by atoms with van der Waals surface area (Å²) in [4.78, 5) is 41.5. The minimum Gasteiger partial charge on any atom is -0.355 e. The lowest BCUT2D eigenvalue weighted by molar-refractivity contribution is -0.143. The molecule has 3 amide bonds. The minimum atomic E-state index is -1.12. The van der Waals surface area contributed by atoms with Gasteiger partial charge in [0.2, 0.25) is 17.7 Å². The third kappa shape index (κ3) is 6.01. The molecule has 0 saturated carbocycles. The molecule has 2 heterocycles. The number of hydrogen-bond donors (Lipinski definition) is 3. The Morgan fingerprint density at radius 1 is 1.19 bits per heavy atom. The molecule has 0 bridgehead atoms. The molecule has 4 rings (SSSR count). The second kappa shape index (κ2) is 11.0. The fourth-order valence-corrected chi connectivity index (χ4v) is 5.58. The van der Waals surface area contributed by atoms with Gasteiger partial charge in [-0.05, 0) is 69.2 Å². The van der Waals surface area contributed by atoms with Crippen molar-refractivity contribution in [3.8, 4) is 0 Å². The van der Waals surface area contributed by atoms with Crippen LogP contribution in [0, 0.1) is 11.2 Å². The third-order valence-electron chi connectivity index (χ3n) is 7.68. The van der Waals surface area contributed by atoms with Crippen molar-refractivity contribution >= 4 is 17.7 Å². The maximum absolute atomic E-state index is 13.8. The predicted octanol–water partition coefficient (Wildman–Crippen LogP) is 2.89. The molecule has 4 N–H and O–H groups in total. The summed E-state index contributed by atoms with van der Waals surface area (Å²) in [7, 11) is 0. The quantitative estimate of drug-likeness (QED) is 0.510. The van der Waals surface area contributed by atoms with Crippen molar-refractivity contribution in [1.82, 2.24) is 15.5 Å². The number of aryl methyl sites for hydroxylation is 1. The van der Waals surface area contributed by atoms with Crippen LogP contribution in [0.5, 0.6) is 0 Å². The zero-order chi connectivity index (χ0) is 26.6. The average molecular weight is 509 g/mol. The average Bonchev–Trinajstić information content (AvgIpc) is 3.18. The van der Waals surface area contributed by atoms with E-state index in [9.17, 15) is 18.8 Å². The van der Waals surface area contributed by atoms with Crippen molar-refractivity contribution in [2.75, 3.05) is 19.6 Å². The molecular weight excluding hydrogens is 471 g/mol. The number of hydrogen-bond acceptors (Lipinski definition) is 4. The molecule has 1 spiro atoms. The van der Waals surface area contributed by atoms with Gasteiger partial charge in [0.15, 0.2) is 0 Å². The van der Waals surface area contributed by atoms with Crippen molar-refractivity contribution in [3.05, 3.63) is 71.5 Å². The molecule has 2 aliphatic rings. The summed E-state index contributed by atoms with van der Waals surface area (Å²) in [5.74, 6) is -1.15. The van der Waals surface area contributed by atoms with E-state index in [2.05, 4.69) is 10.6 Å². The van der Waals surface area contributed by atoms with Crippen molar-refractivity contribution in [2.45, 2.75) is 63.5 Å². The highest BCUT2D eigenvalue weighted by molar-refractivity contribution is 5.92. The number of nitrogens with one attached hydrogen (secondary N) is 2. The Labute approximate surface area is 218 Å². The van der Waals surface area contributed by atoms with Crippen LogP contribution in [0.3, 0.4) is 0 Å². The lowest BCUT2D eigenvalue weighted by Gasteiger charge is -2.43.